The van der Waals surface area contributed by atoms with E-state index >= 15 is 0 Å². The molecule has 2 aromatic carbocycles. The van der Waals surface area contributed by atoms with E-state index < -0.39 is 5.97 Å². The van der Waals surface area contributed by atoms with Crippen LogP contribution in [-0.4, -0.2) is 59.9 Å². The van der Waals surface area contributed by atoms with Gasteiger partial charge in [0.15, 0.2) is 0 Å². The molecule has 0 atom stereocenters. The van der Waals surface area contributed by atoms with E-state index in [1.807, 2.05) is 41.2 Å². The van der Waals surface area contributed by atoms with Gasteiger partial charge in [0.25, 0.3) is 0 Å². The minimum atomic E-state index is -0.631. The molecular formula is C32H33N7O2. The molecule has 1 aliphatic heterocycles. The van der Waals surface area contributed by atoms with Crippen molar-refractivity contribution in [1.82, 2.24) is 29.2 Å². The number of pyridine rings is 1. The molecule has 208 valence electrons. The molecule has 5 aromatic rings. The monoisotopic (exact) mass is 547 g/mol. The average Bonchev–Trinajstić information content (AvgIpc) is 3.64. The number of anilines is 1. The number of benzene rings is 2. The van der Waals surface area contributed by atoms with E-state index in [0.717, 1.165) is 79.1 Å². The first-order valence-corrected chi connectivity index (χ1v) is 14.3. The van der Waals surface area contributed by atoms with Crippen molar-refractivity contribution in [2.75, 3.05) is 25.4 Å². The Hall–Kier alpha value is -4.50. The molecule has 1 aliphatic carbocycles. The van der Waals surface area contributed by atoms with Gasteiger partial charge in [-0.05, 0) is 85.7 Å². The second kappa shape index (κ2) is 10.5. The van der Waals surface area contributed by atoms with E-state index in [4.69, 9.17) is 10.7 Å². The first-order valence-electron chi connectivity index (χ1n) is 14.3. The van der Waals surface area contributed by atoms with E-state index in [1.54, 1.807) is 12.4 Å². The highest BCUT2D eigenvalue weighted by atomic mass is 16.4. The highest BCUT2D eigenvalue weighted by Crippen LogP contribution is 2.35. The fraction of sp³-hybridized carbons (Fsp3) is 0.312. The van der Waals surface area contributed by atoms with Crippen LogP contribution in [0.15, 0.2) is 79.3 Å². The quantitative estimate of drug-likeness (QED) is 0.290. The first-order chi connectivity index (χ1) is 20.0. The summed E-state index contributed by atoms with van der Waals surface area (Å²) in [6, 6.07) is 20.7. The zero-order valence-electron chi connectivity index (χ0n) is 22.8. The fourth-order valence-electron chi connectivity index (χ4n) is 6.46. The van der Waals surface area contributed by atoms with Crippen LogP contribution in [0.1, 0.15) is 37.2 Å². The topological polar surface area (TPSA) is 115 Å². The average molecular weight is 548 g/mol. The number of aliphatic carboxylic acids is 1. The standard InChI is InChI=1S/C32H33N7O2/c33-30-27(3-1-14-34-30)31-36-28-13-12-26(38-16-2-15-35-38)17-29(28)39(31)25-10-8-22(9-11-25)24-19-37(20-24)18-21-4-6-23(7-5-21)32(40)41/h1-3,8-17,21,23-24H,4-7,18-20H2,(H2,33,34)(H,40,41). The summed E-state index contributed by atoms with van der Waals surface area (Å²) in [7, 11) is 0. The van der Waals surface area contributed by atoms with Crippen LogP contribution in [0.5, 0.6) is 0 Å². The Kier molecular flexibility index (Phi) is 6.51. The van der Waals surface area contributed by atoms with Gasteiger partial charge in [-0.15, -0.1) is 0 Å². The van der Waals surface area contributed by atoms with Crippen molar-refractivity contribution in [3.8, 4) is 22.8 Å². The van der Waals surface area contributed by atoms with E-state index in [2.05, 4.69) is 49.9 Å². The summed E-state index contributed by atoms with van der Waals surface area (Å²) in [5.41, 5.74) is 12.2. The molecule has 0 radical (unpaired) electrons. The normalized spacial score (nSPS) is 19.8. The number of aromatic nitrogens is 5. The molecule has 9 nitrogen and oxygen atoms in total. The van der Waals surface area contributed by atoms with Gasteiger partial charge < -0.3 is 15.7 Å². The number of rotatable bonds is 7. The second-order valence-corrected chi connectivity index (χ2v) is 11.4. The molecule has 0 unspecified atom stereocenters. The van der Waals surface area contributed by atoms with Crippen molar-refractivity contribution >= 4 is 22.8 Å². The molecule has 2 aliphatic rings. The zero-order chi connectivity index (χ0) is 27.9. The lowest BCUT2D eigenvalue weighted by molar-refractivity contribution is -0.143. The van der Waals surface area contributed by atoms with Crippen LogP contribution in [-0.2, 0) is 4.79 Å². The summed E-state index contributed by atoms with van der Waals surface area (Å²) in [5.74, 6) is 1.55. The smallest absolute Gasteiger partial charge is 0.306 e. The predicted octanol–water partition coefficient (Wildman–Crippen LogP) is 5.15. The second-order valence-electron chi connectivity index (χ2n) is 11.4. The summed E-state index contributed by atoms with van der Waals surface area (Å²) in [6.07, 6.45) is 9.08. The molecule has 1 saturated carbocycles. The lowest BCUT2D eigenvalue weighted by atomic mass is 9.80. The molecular weight excluding hydrogens is 514 g/mol. The number of hydrogen-bond acceptors (Lipinski definition) is 6. The number of imidazole rings is 1. The molecule has 1 saturated heterocycles. The number of hydrogen-bond donors (Lipinski definition) is 2. The van der Waals surface area contributed by atoms with Crippen molar-refractivity contribution in [3.05, 3.63) is 84.8 Å². The molecule has 9 heteroatoms. The van der Waals surface area contributed by atoms with E-state index in [1.165, 1.54) is 5.56 Å². The number of fused-ring (bicyclic) bond motifs is 1. The number of nitrogens with two attached hydrogens (primary N) is 1. The third kappa shape index (κ3) is 4.86. The largest absolute Gasteiger partial charge is 0.481 e. The first kappa shape index (κ1) is 25.5. The van der Waals surface area contributed by atoms with Gasteiger partial charge in [-0.3, -0.25) is 9.36 Å². The van der Waals surface area contributed by atoms with E-state index in [0.29, 0.717) is 17.7 Å². The molecule has 41 heavy (non-hydrogen) atoms. The van der Waals surface area contributed by atoms with Crippen molar-refractivity contribution in [3.63, 3.8) is 0 Å². The molecule has 7 rings (SSSR count). The number of nitrogen functional groups attached to an aromatic ring is 1. The van der Waals surface area contributed by atoms with Crippen LogP contribution in [0, 0.1) is 11.8 Å². The minimum Gasteiger partial charge on any atom is -0.481 e. The van der Waals surface area contributed by atoms with Crippen LogP contribution < -0.4 is 5.73 Å². The lowest BCUT2D eigenvalue weighted by Gasteiger charge is -2.42. The summed E-state index contributed by atoms with van der Waals surface area (Å²) in [4.78, 5) is 23.1. The Balaban J connectivity index is 1.13. The molecule has 2 fully saturated rings. The van der Waals surface area contributed by atoms with Crippen LogP contribution >= 0.6 is 0 Å². The van der Waals surface area contributed by atoms with E-state index in [9.17, 15) is 9.90 Å². The van der Waals surface area contributed by atoms with Gasteiger partial charge in [0.1, 0.15) is 11.6 Å². The zero-order valence-corrected chi connectivity index (χ0v) is 22.8. The van der Waals surface area contributed by atoms with Crippen LogP contribution in [0.3, 0.4) is 0 Å². The number of carbonyl (C=O) groups is 1. The van der Waals surface area contributed by atoms with Gasteiger partial charge in [-0.2, -0.15) is 5.10 Å². The SMILES string of the molecule is Nc1ncccc1-c1nc2ccc(-n3cccn3)cc2n1-c1ccc(C2CN(CC3CCC(C(=O)O)CC3)C2)cc1. The molecule has 3 N–H and O–H groups in total. The summed E-state index contributed by atoms with van der Waals surface area (Å²) < 4.78 is 4.00. The molecule has 4 heterocycles. The van der Waals surface area contributed by atoms with Gasteiger partial charge in [-0.1, -0.05) is 12.1 Å². The number of nitrogens with zero attached hydrogens (tertiary/aromatic N) is 6. The Labute approximate surface area is 238 Å². The maximum atomic E-state index is 11.3. The van der Waals surface area contributed by atoms with Gasteiger partial charge >= 0.3 is 5.97 Å². The van der Waals surface area contributed by atoms with Crippen molar-refractivity contribution in [2.24, 2.45) is 11.8 Å². The van der Waals surface area contributed by atoms with Gasteiger partial charge in [0.05, 0.1) is 28.2 Å². The Morgan fingerprint density at radius 1 is 0.951 bits per heavy atom. The maximum Gasteiger partial charge on any atom is 0.306 e. The van der Waals surface area contributed by atoms with Crippen molar-refractivity contribution in [1.29, 1.82) is 0 Å². The highest BCUT2D eigenvalue weighted by molar-refractivity contribution is 5.86. The maximum absolute atomic E-state index is 11.3. The van der Waals surface area contributed by atoms with Crippen molar-refractivity contribution < 1.29 is 9.90 Å². The van der Waals surface area contributed by atoms with Crippen molar-refractivity contribution in [2.45, 2.75) is 31.6 Å². The molecule has 0 amide bonds. The van der Waals surface area contributed by atoms with Crippen LogP contribution in [0.25, 0.3) is 33.8 Å². The Morgan fingerprint density at radius 2 is 1.73 bits per heavy atom. The summed E-state index contributed by atoms with van der Waals surface area (Å²) >= 11 is 0. The van der Waals surface area contributed by atoms with Crippen LogP contribution in [0.4, 0.5) is 5.82 Å². The molecule has 0 bridgehead atoms. The number of likely N-dealkylation sites (tertiary alicyclic amines) is 1. The predicted molar refractivity (Wildman–Crippen MR) is 158 cm³/mol. The van der Waals surface area contributed by atoms with Gasteiger partial charge in [-0.25, -0.2) is 14.6 Å². The highest BCUT2D eigenvalue weighted by Gasteiger charge is 2.32. The summed E-state index contributed by atoms with van der Waals surface area (Å²) in [6.45, 7) is 3.18. The van der Waals surface area contributed by atoms with Crippen LogP contribution in [0.2, 0.25) is 0 Å². The lowest BCUT2D eigenvalue weighted by Crippen LogP contribution is -2.47. The third-order valence-electron chi connectivity index (χ3n) is 8.78. The third-order valence-corrected chi connectivity index (χ3v) is 8.78. The van der Waals surface area contributed by atoms with Gasteiger partial charge in [0, 0.05) is 49.8 Å². The number of carboxylic acids is 1. The molecule has 3 aromatic heterocycles. The Morgan fingerprint density at radius 3 is 2.44 bits per heavy atom. The molecule has 0 spiro atoms. The number of carboxylic acid groups (broad SMARTS) is 1. The van der Waals surface area contributed by atoms with E-state index in [-0.39, 0.29) is 5.92 Å². The Bertz CT molecular complexity index is 1680. The van der Waals surface area contributed by atoms with Gasteiger partial charge in [0.2, 0.25) is 0 Å². The summed E-state index contributed by atoms with van der Waals surface area (Å²) in [5, 5.41) is 13.7. The fourth-order valence-corrected chi connectivity index (χ4v) is 6.46. The minimum absolute atomic E-state index is 0.145.